The number of nitrogens with one attached hydrogen (secondary N) is 1. The standard InChI is InChI=1S/C9H15N3O2S/c1-6(2)12-9-4-3-7(5-8(9)10)15(11,13)14/h3-6,12H,10H2,1-2H3,(H2,11,13,14). The molecule has 0 fully saturated rings. The van der Waals surface area contributed by atoms with Gasteiger partial charge in [0, 0.05) is 6.04 Å². The lowest BCUT2D eigenvalue weighted by molar-refractivity contribution is 0.598. The summed E-state index contributed by atoms with van der Waals surface area (Å²) >= 11 is 0. The molecule has 6 heteroatoms. The molecule has 15 heavy (non-hydrogen) atoms. The predicted molar refractivity (Wildman–Crippen MR) is 61.0 cm³/mol. The van der Waals surface area contributed by atoms with E-state index in [4.69, 9.17) is 10.9 Å². The number of benzene rings is 1. The first kappa shape index (κ1) is 11.8. The number of nitrogen functional groups attached to an aromatic ring is 1. The second kappa shape index (κ2) is 4.08. The van der Waals surface area contributed by atoms with Crippen LogP contribution in [0.5, 0.6) is 0 Å². The van der Waals surface area contributed by atoms with Crippen LogP contribution < -0.4 is 16.2 Å². The molecule has 1 rings (SSSR count). The van der Waals surface area contributed by atoms with E-state index in [0.717, 1.165) is 0 Å². The first-order valence-corrected chi connectivity index (χ1v) is 6.04. The zero-order valence-electron chi connectivity index (χ0n) is 8.69. The summed E-state index contributed by atoms with van der Waals surface area (Å²) in [5.74, 6) is 0. The molecule has 0 atom stereocenters. The van der Waals surface area contributed by atoms with Gasteiger partial charge in [0.15, 0.2) is 0 Å². The first-order valence-electron chi connectivity index (χ1n) is 4.49. The van der Waals surface area contributed by atoms with Gasteiger partial charge in [0.25, 0.3) is 0 Å². The Morgan fingerprint density at radius 1 is 1.33 bits per heavy atom. The van der Waals surface area contributed by atoms with Crippen LogP contribution in [0, 0.1) is 0 Å². The third-order valence-corrected chi connectivity index (χ3v) is 2.71. The Labute approximate surface area is 89.5 Å². The molecule has 0 amide bonds. The van der Waals surface area contributed by atoms with Gasteiger partial charge in [0.2, 0.25) is 10.0 Å². The molecule has 0 bridgehead atoms. The molecule has 5 nitrogen and oxygen atoms in total. The topological polar surface area (TPSA) is 98.2 Å². The fourth-order valence-electron chi connectivity index (χ4n) is 1.16. The lowest BCUT2D eigenvalue weighted by atomic mass is 10.2. The minimum absolute atomic E-state index is 0.0225. The van der Waals surface area contributed by atoms with E-state index < -0.39 is 10.0 Å². The van der Waals surface area contributed by atoms with E-state index in [-0.39, 0.29) is 10.9 Å². The summed E-state index contributed by atoms with van der Waals surface area (Å²) in [5, 5.41) is 8.06. The molecule has 0 radical (unpaired) electrons. The van der Waals surface area contributed by atoms with E-state index in [9.17, 15) is 8.42 Å². The van der Waals surface area contributed by atoms with Crippen LogP contribution in [0.1, 0.15) is 13.8 Å². The number of hydrogen-bond acceptors (Lipinski definition) is 4. The highest BCUT2D eigenvalue weighted by Gasteiger charge is 2.10. The van der Waals surface area contributed by atoms with Gasteiger partial charge in [0.05, 0.1) is 16.3 Å². The maximum absolute atomic E-state index is 11.0. The van der Waals surface area contributed by atoms with E-state index in [1.165, 1.54) is 12.1 Å². The molecule has 0 aromatic heterocycles. The Morgan fingerprint density at radius 3 is 2.33 bits per heavy atom. The van der Waals surface area contributed by atoms with Crippen LogP contribution in [0.4, 0.5) is 11.4 Å². The van der Waals surface area contributed by atoms with Gasteiger partial charge in [0.1, 0.15) is 0 Å². The second-order valence-corrected chi connectivity index (χ2v) is 5.15. The average Bonchev–Trinajstić information content (AvgIpc) is 2.05. The molecule has 0 aliphatic carbocycles. The number of hydrogen-bond donors (Lipinski definition) is 3. The van der Waals surface area contributed by atoms with Crippen molar-refractivity contribution in [2.75, 3.05) is 11.1 Å². The lowest BCUT2D eigenvalue weighted by Crippen LogP contribution is -2.14. The summed E-state index contributed by atoms with van der Waals surface area (Å²) in [4.78, 5) is 0.0225. The summed E-state index contributed by atoms with van der Waals surface area (Å²) in [5.41, 5.74) is 6.76. The highest BCUT2D eigenvalue weighted by Crippen LogP contribution is 2.22. The average molecular weight is 229 g/mol. The molecule has 0 unspecified atom stereocenters. The lowest BCUT2D eigenvalue weighted by Gasteiger charge is -2.12. The molecule has 0 heterocycles. The van der Waals surface area contributed by atoms with Gasteiger partial charge < -0.3 is 11.1 Å². The van der Waals surface area contributed by atoms with Gasteiger partial charge in [-0.3, -0.25) is 0 Å². The van der Waals surface area contributed by atoms with Crippen molar-refractivity contribution in [3.05, 3.63) is 18.2 Å². The van der Waals surface area contributed by atoms with Crippen molar-refractivity contribution in [1.82, 2.24) is 0 Å². The Bertz CT molecular complexity index is 454. The third-order valence-electron chi connectivity index (χ3n) is 1.80. The number of rotatable bonds is 3. The predicted octanol–water partition coefficient (Wildman–Crippen LogP) is 0.737. The molecular formula is C9H15N3O2S. The van der Waals surface area contributed by atoms with E-state index >= 15 is 0 Å². The normalized spacial score (nSPS) is 11.7. The van der Waals surface area contributed by atoms with E-state index in [2.05, 4.69) is 5.32 Å². The zero-order valence-corrected chi connectivity index (χ0v) is 9.51. The van der Waals surface area contributed by atoms with E-state index in [1.54, 1.807) is 6.07 Å². The molecule has 1 aromatic carbocycles. The van der Waals surface area contributed by atoms with Gasteiger partial charge >= 0.3 is 0 Å². The van der Waals surface area contributed by atoms with Gasteiger partial charge in [-0.2, -0.15) is 0 Å². The molecule has 0 aliphatic heterocycles. The highest BCUT2D eigenvalue weighted by atomic mass is 32.2. The number of anilines is 2. The summed E-state index contributed by atoms with van der Waals surface area (Å²) < 4.78 is 22.0. The van der Waals surface area contributed by atoms with Gasteiger partial charge in [-0.1, -0.05) is 0 Å². The third kappa shape index (κ3) is 3.10. The smallest absolute Gasteiger partial charge is 0.238 e. The molecule has 0 aliphatic rings. The summed E-state index contributed by atoms with van der Waals surface area (Å²) in [6.07, 6.45) is 0. The van der Waals surface area contributed by atoms with Crippen molar-refractivity contribution in [3.8, 4) is 0 Å². The highest BCUT2D eigenvalue weighted by molar-refractivity contribution is 7.89. The van der Waals surface area contributed by atoms with Crippen LogP contribution in [0.15, 0.2) is 23.1 Å². The number of nitrogens with two attached hydrogens (primary N) is 2. The number of primary sulfonamides is 1. The largest absolute Gasteiger partial charge is 0.397 e. The van der Waals surface area contributed by atoms with Crippen LogP contribution in [0.2, 0.25) is 0 Å². The maximum Gasteiger partial charge on any atom is 0.238 e. The fraction of sp³-hybridized carbons (Fsp3) is 0.333. The maximum atomic E-state index is 11.0. The Balaban J connectivity index is 3.09. The summed E-state index contributed by atoms with van der Waals surface area (Å²) in [6.45, 7) is 3.93. The molecule has 5 N–H and O–H groups in total. The van der Waals surface area contributed by atoms with Crippen molar-refractivity contribution < 1.29 is 8.42 Å². The first-order chi connectivity index (χ1) is 6.80. The van der Waals surface area contributed by atoms with Crippen molar-refractivity contribution in [2.24, 2.45) is 5.14 Å². The minimum Gasteiger partial charge on any atom is -0.397 e. The van der Waals surface area contributed by atoms with Crippen LogP contribution in [0.25, 0.3) is 0 Å². The van der Waals surface area contributed by atoms with Crippen LogP contribution in [0.3, 0.4) is 0 Å². The molecule has 84 valence electrons. The Hall–Kier alpha value is -1.27. The zero-order chi connectivity index (χ0) is 11.6. The Morgan fingerprint density at radius 2 is 1.93 bits per heavy atom. The minimum atomic E-state index is -3.68. The monoisotopic (exact) mass is 229 g/mol. The van der Waals surface area contributed by atoms with Crippen LogP contribution in [-0.4, -0.2) is 14.5 Å². The van der Waals surface area contributed by atoms with Gasteiger partial charge in [-0.15, -0.1) is 0 Å². The van der Waals surface area contributed by atoms with Crippen LogP contribution in [-0.2, 0) is 10.0 Å². The molecular weight excluding hydrogens is 214 g/mol. The van der Waals surface area contributed by atoms with Gasteiger partial charge in [-0.05, 0) is 32.0 Å². The summed E-state index contributed by atoms with van der Waals surface area (Å²) in [6, 6.07) is 4.61. The molecule has 1 aromatic rings. The second-order valence-electron chi connectivity index (χ2n) is 3.59. The van der Waals surface area contributed by atoms with Crippen LogP contribution >= 0.6 is 0 Å². The molecule has 0 saturated carbocycles. The van der Waals surface area contributed by atoms with Crippen molar-refractivity contribution >= 4 is 21.4 Å². The fourth-order valence-corrected chi connectivity index (χ4v) is 1.71. The van der Waals surface area contributed by atoms with Gasteiger partial charge in [-0.25, -0.2) is 13.6 Å². The molecule has 0 saturated heterocycles. The molecule has 0 spiro atoms. The Kier molecular flexibility index (Phi) is 3.21. The van der Waals surface area contributed by atoms with E-state index in [0.29, 0.717) is 11.4 Å². The number of sulfonamides is 1. The quantitative estimate of drug-likeness (QED) is 0.666. The van der Waals surface area contributed by atoms with E-state index in [1.807, 2.05) is 13.8 Å². The van der Waals surface area contributed by atoms with Crippen molar-refractivity contribution in [3.63, 3.8) is 0 Å². The summed E-state index contributed by atoms with van der Waals surface area (Å²) in [7, 11) is -3.68. The van der Waals surface area contributed by atoms with Crippen molar-refractivity contribution in [1.29, 1.82) is 0 Å². The van der Waals surface area contributed by atoms with Crippen molar-refractivity contribution in [2.45, 2.75) is 24.8 Å². The SMILES string of the molecule is CC(C)Nc1ccc(S(N)(=O)=O)cc1N.